The summed E-state index contributed by atoms with van der Waals surface area (Å²) < 4.78 is 0. The Labute approximate surface area is 167 Å². The first-order valence-corrected chi connectivity index (χ1v) is 10.2. The van der Waals surface area contributed by atoms with Gasteiger partial charge in [-0.25, -0.2) is 0 Å². The normalized spacial score (nSPS) is 14.9. The molecule has 2 amide bonds. The molecule has 1 aliphatic heterocycles. The molecule has 0 spiro atoms. The van der Waals surface area contributed by atoms with Crippen LogP contribution < -0.4 is 5.32 Å². The molecule has 0 unspecified atom stereocenters. The van der Waals surface area contributed by atoms with Crippen molar-refractivity contribution in [2.45, 2.75) is 46.0 Å². The molecular formula is C24H30N2O2. The summed E-state index contributed by atoms with van der Waals surface area (Å²) in [6.07, 6.45) is 1.87. The Kier molecular flexibility index (Phi) is 6.50. The van der Waals surface area contributed by atoms with Crippen LogP contribution in [-0.4, -0.2) is 29.8 Å². The van der Waals surface area contributed by atoms with Gasteiger partial charge in [0.2, 0.25) is 11.8 Å². The minimum absolute atomic E-state index is 0.0387. The summed E-state index contributed by atoms with van der Waals surface area (Å²) >= 11 is 0. The number of benzene rings is 2. The highest BCUT2D eigenvalue weighted by Crippen LogP contribution is 2.26. The Bertz CT molecular complexity index is 836. The molecule has 4 heteroatoms. The number of amides is 2. The zero-order valence-electron chi connectivity index (χ0n) is 17.1. The van der Waals surface area contributed by atoms with Gasteiger partial charge in [0.1, 0.15) is 0 Å². The number of hydrogen-bond acceptors (Lipinski definition) is 2. The summed E-state index contributed by atoms with van der Waals surface area (Å²) in [6.45, 7) is 7.59. The maximum absolute atomic E-state index is 12.7. The lowest BCUT2D eigenvalue weighted by Gasteiger charge is -2.31. The fourth-order valence-corrected chi connectivity index (χ4v) is 3.85. The largest absolute Gasteiger partial charge is 0.342 e. The van der Waals surface area contributed by atoms with Gasteiger partial charge >= 0.3 is 0 Å². The van der Waals surface area contributed by atoms with Gasteiger partial charge in [-0.3, -0.25) is 9.59 Å². The number of hydrogen-bond donors (Lipinski definition) is 1. The molecule has 0 saturated carbocycles. The number of para-hydroxylation sites is 1. The van der Waals surface area contributed by atoms with Crippen LogP contribution in [0.2, 0.25) is 0 Å². The second kappa shape index (κ2) is 9.05. The predicted molar refractivity (Wildman–Crippen MR) is 113 cm³/mol. The van der Waals surface area contributed by atoms with Gasteiger partial charge in [-0.05, 0) is 42.9 Å². The highest BCUT2D eigenvalue weighted by molar-refractivity contribution is 5.93. The number of rotatable bonds is 5. The van der Waals surface area contributed by atoms with Crippen molar-refractivity contribution in [3.8, 4) is 0 Å². The van der Waals surface area contributed by atoms with Crippen LogP contribution in [0.25, 0.3) is 0 Å². The number of anilines is 1. The highest BCUT2D eigenvalue weighted by atomic mass is 16.2. The van der Waals surface area contributed by atoms with E-state index < -0.39 is 0 Å². The van der Waals surface area contributed by atoms with E-state index in [0.29, 0.717) is 25.4 Å². The Morgan fingerprint density at radius 2 is 1.79 bits per heavy atom. The van der Waals surface area contributed by atoms with Crippen molar-refractivity contribution in [1.82, 2.24) is 4.90 Å². The van der Waals surface area contributed by atoms with Crippen LogP contribution in [0, 0.1) is 12.8 Å². The Morgan fingerprint density at radius 1 is 1.07 bits per heavy atom. The van der Waals surface area contributed by atoms with Crippen LogP contribution in [0.15, 0.2) is 48.5 Å². The van der Waals surface area contributed by atoms with Gasteiger partial charge in [0.25, 0.3) is 0 Å². The van der Waals surface area contributed by atoms with Crippen LogP contribution in [0.4, 0.5) is 5.69 Å². The summed E-state index contributed by atoms with van der Waals surface area (Å²) in [7, 11) is 0. The summed E-state index contributed by atoms with van der Waals surface area (Å²) in [4.78, 5) is 27.2. The SMILES string of the molecule is Cc1cccc(CC(=O)N2CCC(C(=O)Nc3ccccc3C(C)C)CC2)c1. The number of carbonyl (C=O) groups excluding carboxylic acids is 2. The summed E-state index contributed by atoms with van der Waals surface area (Å²) in [6, 6.07) is 16.1. The van der Waals surface area contributed by atoms with Crippen LogP contribution in [0.5, 0.6) is 0 Å². The number of nitrogens with one attached hydrogen (secondary N) is 1. The minimum atomic E-state index is -0.0387. The van der Waals surface area contributed by atoms with E-state index in [-0.39, 0.29) is 17.7 Å². The van der Waals surface area contributed by atoms with E-state index in [9.17, 15) is 9.59 Å². The van der Waals surface area contributed by atoms with Gasteiger partial charge < -0.3 is 10.2 Å². The van der Waals surface area contributed by atoms with Crippen LogP contribution in [0.1, 0.15) is 49.3 Å². The number of piperidine rings is 1. The molecule has 1 aliphatic rings. The molecular weight excluding hydrogens is 348 g/mol. The second-order valence-corrected chi connectivity index (χ2v) is 8.05. The molecule has 0 bridgehead atoms. The lowest BCUT2D eigenvalue weighted by atomic mass is 9.94. The van der Waals surface area contributed by atoms with Crippen molar-refractivity contribution < 1.29 is 9.59 Å². The fourth-order valence-electron chi connectivity index (χ4n) is 3.85. The maximum Gasteiger partial charge on any atom is 0.227 e. The molecule has 148 valence electrons. The third-order valence-corrected chi connectivity index (χ3v) is 5.50. The molecule has 28 heavy (non-hydrogen) atoms. The average Bonchev–Trinajstić information content (AvgIpc) is 2.68. The van der Waals surface area contributed by atoms with Gasteiger partial charge in [-0.15, -0.1) is 0 Å². The van der Waals surface area contributed by atoms with Crippen LogP contribution in [0.3, 0.4) is 0 Å². The quantitative estimate of drug-likeness (QED) is 0.830. The topological polar surface area (TPSA) is 49.4 Å². The van der Waals surface area contributed by atoms with Gasteiger partial charge in [-0.1, -0.05) is 61.9 Å². The Hall–Kier alpha value is -2.62. The number of aryl methyl sites for hydroxylation is 1. The zero-order chi connectivity index (χ0) is 20.1. The fraction of sp³-hybridized carbons (Fsp3) is 0.417. The number of carbonyl (C=O) groups is 2. The third kappa shape index (κ3) is 5.00. The van der Waals surface area contributed by atoms with Gasteiger partial charge in [-0.2, -0.15) is 0 Å². The summed E-state index contributed by atoms with van der Waals surface area (Å²) in [5.41, 5.74) is 4.28. The lowest BCUT2D eigenvalue weighted by Crippen LogP contribution is -2.42. The summed E-state index contributed by atoms with van der Waals surface area (Å²) in [5.74, 6) is 0.536. The molecule has 3 rings (SSSR count). The van der Waals surface area contributed by atoms with E-state index in [4.69, 9.17) is 0 Å². The Balaban J connectivity index is 1.53. The van der Waals surface area contributed by atoms with E-state index in [0.717, 1.165) is 29.7 Å². The van der Waals surface area contributed by atoms with Crippen molar-refractivity contribution in [3.63, 3.8) is 0 Å². The minimum Gasteiger partial charge on any atom is -0.342 e. The van der Waals surface area contributed by atoms with E-state index in [1.54, 1.807) is 0 Å². The van der Waals surface area contributed by atoms with Gasteiger partial charge in [0.05, 0.1) is 6.42 Å². The van der Waals surface area contributed by atoms with E-state index in [2.05, 4.69) is 31.3 Å². The monoisotopic (exact) mass is 378 g/mol. The first-order valence-electron chi connectivity index (χ1n) is 10.2. The second-order valence-electron chi connectivity index (χ2n) is 8.05. The first-order chi connectivity index (χ1) is 13.4. The molecule has 0 atom stereocenters. The van der Waals surface area contributed by atoms with Crippen LogP contribution >= 0.6 is 0 Å². The lowest BCUT2D eigenvalue weighted by molar-refractivity contribution is -0.133. The molecule has 1 saturated heterocycles. The van der Waals surface area contributed by atoms with Crippen molar-refractivity contribution in [2.75, 3.05) is 18.4 Å². The standard InChI is InChI=1S/C24H30N2O2/c1-17(2)21-9-4-5-10-22(21)25-24(28)20-11-13-26(14-12-20)23(27)16-19-8-6-7-18(3)15-19/h4-10,15,17,20H,11-14,16H2,1-3H3,(H,25,28). The molecule has 1 N–H and O–H groups in total. The zero-order valence-corrected chi connectivity index (χ0v) is 17.1. The summed E-state index contributed by atoms with van der Waals surface area (Å²) in [5, 5.41) is 3.11. The van der Waals surface area contributed by atoms with Crippen molar-refractivity contribution >= 4 is 17.5 Å². The average molecular weight is 379 g/mol. The smallest absolute Gasteiger partial charge is 0.227 e. The highest BCUT2D eigenvalue weighted by Gasteiger charge is 2.27. The number of likely N-dealkylation sites (tertiary alicyclic amines) is 1. The molecule has 0 radical (unpaired) electrons. The molecule has 0 aliphatic carbocycles. The van der Waals surface area contributed by atoms with Gasteiger partial charge in [0.15, 0.2) is 0 Å². The van der Waals surface area contributed by atoms with E-state index >= 15 is 0 Å². The van der Waals surface area contributed by atoms with Crippen molar-refractivity contribution in [2.24, 2.45) is 5.92 Å². The molecule has 1 heterocycles. The molecule has 2 aromatic rings. The number of nitrogens with zero attached hydrogens (tertiary/aromatic N) is 1. The predicted octanol–water partition coefficient (Wildman–Crippen LogP) is 4.54. The Morgan fingerprint density at radius 3 is 2.46 bits per heavy atom. The van der Waals surface area contributed by atoms with Gasteiger partial charge in [0, 0.05) is 24.7 Å². The third-order valence-electron chi connectivity index (χ3n) is 5.50. The van der Waals surface area contributed by atoms with Crippen molar-refractivity contribution in [1.29, 1.82) is 0 Å². The van der Waals surface area contributed by atoms with Crippen LogP contribution in [-0.2, 0) is 16.0 Å². The maximum atomic E-state index is 12.7. The van der Waals surface area contributed by atoms with Crippen molar-refractivity contribution in [3.05, 3.63) is 65.2 Å². The molecule has 2 aromatic carbocycles. The van der Waals surface area contributed by atoms with E-state index in [1.807, 2.05) is 48.2 Å². The van der Waals surface area contributed by atoms with E-state index in [1.165, 1.54) is 5.56 Å². The molecule has 4 nitrogen and oxygen atoms in total. The first kappa shape index (κ1) is 20.1. The molecule has 1 fully saturated rings. The molecule has 0 aromatic heterocycles.